The van der Waals surface area contributed by atoms with Crippen molar-refractivity contribution in [2.75, 3.05) is 20.2 Å². The van der Waals surface area contributed by atoms with E-state index in [1.54, 1.807) is 23.5 Å². The van der Waals surface area contributed by atoms with Crippen LogP contribution in [0, 0.1) is 6.92 Å². The predicted molar refractivity (Wildman–Crippen MR) is 113 cm³/mol. The van der Waals surface area contributed by atoms with Crippen molar-refractivity contribution in [3.63, 3.8) is 0 Å². The van der Waals surface area contributed by atoms with Crippen LogP contribution in [0.4, 0.5) is 0 Å². The maximum absolute atomic E-state index is 13.3. The Morgan fingerprint density at radius 3 is 2.83 bits per heavy atom. The van der Waals surface area contributed by atoms with E-state index in [0.29, 0.717) is 25.1 Å². The molecule has 1 fully saturated rings. The summed E-state index contributed by atoms with van der Waals surface area (Å²) < 4.78 is 33.3. The Morgan fingerprint density at radius 1 is 1.38 bits per heavy atom. The molecule has 1 saturated heterocycles. The fourth-order valence-electron chi connectivity index (χ4n) is 3.50. The molecule has 1 aromatic carbocycles. The summed E-state index contributed by atoms with van der Waals surface area (Å²) >= 11 is 1.57. The van der Waals surface area contributed by atoms with Gasteiger partial charge in [0.2, 0.25) is 10.0 Å². The minimum absolute atomic E-state index is 0.0385. The van der Waals surface area contributed by atoms with Crippen molar-refractivity contribution in [3.8, 4) is 5.75 Å². The van der Waals surface area contributed by atoms with Crippen LogP contribution in [-0.4, -0.2) is 49.9 Å². The fourth-order valence-corrected chi connectivity index (χ4v) is 6.03. The van der Waals surface area contributed by atoms with Crippen molar-refractivity contribution in [2.45, 2.75) is 50.5 Å². The highest BCUT2D eigenvalue weighted by Crippen LogP contribution is 2.31. The van der Waals surface area contributed by atoms with Crippen molar-refractivity contribution in [1.29, 1.82) is 0 Å². The third kappa shape index (κ3) is 4.96. The Morgan fingerprint density at radius 2 is 2.17 bits per heavy atom. The highest BCUT2D eigenvalue weighted by Gasteiger charge is 2.33. The van der Waals surface area contributed by atoms with Crippen LogP contribution >= 0.6 is 11.3 Å². The molecule has 2 heterocycles. The predicted octanol–water partition coefficient (Wildman–Crippen LogP) is 3.00. The van der Waals surface area contributed by atoms with Gasteiger partial charge >= 0.3 is 0 Å². The molecule has 3 rings (SSSR count). The van der Waals surface area contributed by atoms with E-state index in [1.807, 2.05) is 19.2 Å². The van der Waals surface area contributed by atoms with E-state index in [-0.39, 0.29) is 22.6 Å². The zero-order valence-electron chi connectivity index (χ0n) is 17.0. The number of aromatic nitrogens is 1. The third-order valence-electron chi connectivity index (χ3n) is 5.09. The van der Waals surface area contributed by atoms with Gasteiger partial charge in [0.15, 0.2) is 0 Å². The number of sulfonamides is 1. The number of amides is 1. The second-order valence-corrected chi connectivity index (χ2v) is 10.1. The van der Waals surface area contributed by atoms with Crippen molar-refractivity contribution in [1.82, 2.24) is 14.6 Å². The van der Waals surface area contributed by atoms with Crippen molar-refractivity contribution in [2.24, 2.45) is 0 Å². The number of methoxy groups -OCH3 is 1. The van der Waals surface area contributed by atoms with Gasteiger partial charge in [-0.1, -0.05) is 6.42 Å². The largest absolute Gasteiger partial charge is 0.495 e. The van der Waals surface area contributed by atoms with Crippen LogP contribution in [0.5, 0.6) is 5.75 Å². The van der Waals surface area contributed by atoms with E-state index in [9.17, 15) is 13.2 Å². The van der Waals surface area contributed by atoms with Crippen LogP contribution in [-0.2, 0) is 16.4 Å². The molecule has 1 aromatic heterocycles. The zero-order valence-corrected chi connectivity index (χ0v) is 18.6. The molecule has 1 N–H and O–H groups in total. The van der Waals surface area contributed by atoms with Gasteiger partial charge in [-0.3, -0.25) is 4.79 Å². The summed E-state index contributed by atoms with van der Waals surface area (Å²) in [5.41, 5.74) is 1.23. The van der Waals surface area contributed by atoms with Crippen molar-refractivity contribution < 1.29 is 17.9 Å². The van der Waals surface area contributed by atoms with Gasteiger partial charge in [0.25, 0.3) is 5.91 Å². The van der Waals surface area contributed by atoms with E-state index in [2.05, 4.69) is 10.3 Å². The molecule has 0 spiro atoms. The minimum Gasteiger partial charge on any atom is -0.495 e. The number of ether oxygens (including phenoxy) is 1. The smallest absolute Gasteiger partial charge is 0.251 e. The van der Waals surface area contributed by atoms with Gasteiger partial charge in [0.05, 0.1) is 17.8 Å². The van der Waals surface area contributed by atoms with Crippen LogP contribution < -0.4 is 10.1 Å². The molecule has 2 aromatic rings. The lowest BCUT2D eigenvalue weighted by molar-refractivity contribution is 0.0954. The molecule has 0 radical (unpaired) electrons. The Bertz CT molecular complexity index is 972. The molecule has 1 aliphatic heterocycles. The van der Waals surface area contributed by atoms with E-state index in [1.165, 1.54) is 17.5 Å². The first-order chi connectivity index (χ1) is 13.8. The first-order valence-electron chi connectivity index (χ1n) is 9.72. The maximum Gasteiger partial charge on any atom is 0.251 e. The Hall–Kier alpha value is -1.97. The molecule has 158 valence electrons. The summed E-state index contributed by atoms with van der Waals surface area (Å²) in [5.74, 6) is -0.0694. The van der Waals surface area contributed by atoms with Gasteiger partial charge in [-0.15, -0.1) is 11.3 Å². The second kappa shape index (κ2) is 9.23. The monoisotopic (exact) mass is 437 g/mol. The molecule has 0 saturated carbocycles. The average molecular weight is 438 g/mol. The molecule has 1 unspecified atom stereocenters. The highest BCUT2D eigenvalue weighted by atomic mass is 32.2. The number of carbonyl (C=O) groups excluding carboxylic acids is 1. The molecular formula is C20H27N3O4S2. The van der Waals surface area contributed by atoms with Crippen LogP contribution in [0.25, 0.3) is 0 Å². The van der Waals surface area contributed by atoms with Crippen molar-refractivity contribution >= 4 is 27.3 Å². The summed E-state index contributed by atoms with van der Waals surface area (Å²) in [6.45, 7) is 4.77. The molecule has 0 aliphatic carbocycles. The van der Waals surface area contributed by atoms with Gasteiger partial charge in [0.1, 0.15) is 10.6 Å². The number of hydrogen-bond acceptors (Lipinski definition) is 6. The van der Waals surface area contributed by atoms with Crippen LogP contribution in [0.15, 0.2) is 28.5 Å². The minimum atomic E-state index is -3.75. The number of nitrogens with one attached hydrogen (secondary N) is 1. The van der Waals surface area contributed by atoms with Crippen LogP contribution in [0.2, 0.25) is 0 Å². The number of carbonyl (C=O) groups is 1. The molecule has 1 aliphatic rings. The molecular weight excluding hydrogens is 410 g/mol. The molecule has 0 bridgehead atoms. The Kier molecular flexibility index (Phi) is 6.92. The van der Waals surface area contributed by atoms with Gasteiger partial charge in [0, 0.05) is 36.5 Å². The van der Waals surface area contributed by atoms with Gasteiger partial charge in [-0.05, 0) is 44.9 Å². The average Bonchev–Trinajstić information content (AvgIpc) is 3.12. The van der Waals surface area contributed by atoms with Gasteiger partial charge in [-0.25, -0.2) is 13.4 Å². The normalized spacial score (nSPS) is 17.8. The zero-order chi connectivity index (χ0) is 21.0. The van der Waals surface area contributed by atoms with E-state index in [4.69, 9.17) is 4.74 Å². The lowest BCUT2D eigenvalue weighted by Gasteiger charge is -2.32. The summed E-state index contributed by atoms with van der Waals surface area (Å²) in [6.07, 6.45) is 3.31. The highest BCUT2D eigenvalue weighted by molar-refractivity contribution is 7.89. The van der Waals surface area contributed by atoms with E-state index < -0.39 is 10.0 Å². The third-order valence-corrected chi connectivity index (χ3v) is 7.94. The number of thiazole rings is 1. The van der Waals surface area contributed by atoms with Crippen molar-refractivity contribution in [3.05, 3.63) is 39.8 Å². The molecule has 1 atom stereocenters. The second-order valence-electron chi connectivity index (χ2n) is 7.19. The topological polar surface area (TPSA) is 88.6 Å². The number of nitrogens with zero attached hydrogens (tertiary/aromatic N) is 2. The van der Waals surface area contributed by atoms with Gasteiger partial charge < -0.3 is 10.1 Å². The number of benzene rings is 1. The standard InChI is InChI=1S/C20H27N3O4S2/c1-14-6-4-5-11-23(14)29(25,26)19-12-16(7-8-18(19)27-3)20(24)21-10-9-17-13-28-15(2)22-17/h7-8,12-14H,4-6,9-11H2,1-3H3,(H,21,24). The maximum atomic E-state index is 13.3. The number of rotatable bonds is 7. The van der Waals surface area contributed by atoms with E-state index >= 15 is 0 Å². The molecule has 29 heavy (non-hydrogen) atoms. The van der Waals surface area contributed by atoms with Crippen LogP contribution in [0.1, 0.15) is 47.2 Å². The summed E-state index contributed by atoms with van der Waals surface area (Å²) in [7, 11) is -2.32. The first kappa shape index (κ1) is 21.7. The number of aryl methyl sites for hydroxylation is 1. The lowest BCUT2D eigenvalue weighted by Crippen LogP contribution is -2.42. The lowest BCUT2D eigenvalue weighted by atomic mass is 10.1. The summed E-state index contributed by atoms with van der Waals surface area (Å²) in [5, 5.41) is 5.80. The SMILES string of the molecule is COc1ccc(C(=O)NCCc2csc(C)n2)cc1S(=O)(=O)N1CCCCC1C. The Labute approximate surface area is 176 Å². The Balaban J connectivity index is 1.78. The van der Waals surface area contributed by atoms with Crippen LogP contribution in [0.3, 0.4) is 0 Å². The fraction of sp³-hybridized carbons (Fsp3) is 0.500. The van der Waals surface area contributed by atoms with Gasteiger partial charge in [-0.2, -0.15) is 4.31 Å². The van der Waals surface area contributed by atoms with E-state index in [0.717, 1.165) is 30.0 Å². The number of hydrogen-bond donors (Lipinski definition) is 1. The summed E-state index contributed by atoms with van der Waals surface area (Å²) in [4.78, 5) is 17.0. The molecule has 7 nitrogen and oxygen atoms in total. The number of piperidine rings is 1. The molecule has 1 amide bonds. The molecule has 9 heteroatoms. The first-order valence-corrected chi connectivity index (χ1v) is 12.0. The quantitative estimate of drug-likeness (QED) is 0.719. The summed E-state index contributed by atoms with van der Waals surface area (Å²) in [6, 6.07) is 4.47.